The number of ether oxygens (including phenoxy) is 1. The third-order valence-corrected chi connectivity index (χ3v) is 6.78. The average Bonchev–Trinajstić information content (AvgIpc) is 3.37. The molecule has 1 aromatic carbocycles. The molecule has 1 saturated heterocycles. The van der Waals surface area contributed by atoms with Crippen LogP contribution in [0.4, 0.5) is 5.69 Å². The zero-order valence-electron chi connectivity index (χ0n) is 18.2. The number of rotatable bonds is 5. The van der Waals surface area contributed by atoms with Gasteiger partial charge in [0, 0.05) is 30.7 Å². The van der Waals surface area contributed by atoms with Crippen molar-refractivity contribution in [1.29, 1.82) is 0 Å². The van der Waals surface area contributed by atoms with Crippen molar-refractivity contribution in [2.45, 2.75) is 25.3 Å². The fraction of sp³-hybridized carbons (Fsp3) is 0.273. The van der Waals surface area contributed by atoms with Crippen LogP contribution < -0.4 is 15.2 Å². The molecule has 178 valence electrons. The second kappa shape index (κ2) is 8.97. The highest BCUT2D eigenvalue weighted by Crippen LogP contribution is 2.46. The second-order valence-corrected chi connectivity index (χ2v) is 9.53. The first-order chi connectivity index (χ1) is 16.4. The van der Waals surface area contributed by atoms with E-state index >= 15 is 0 Å². The summed E-state index contributed by atoms with van der Waals surface area (Å²) in [6, 6.07) is 8.49. The van der Waals surface area contributed by atoms with Crippen LogP contribution in [0.15, 0.2) is 59.6 Å². The highest BCUT2D eigenvalue weighted by molar-refractivity contribution is 8.24. The van der Waals surface area contributed by atoms with Crippen molar-refractivity contribution >= 4 is 28.4 Å². The Balaban J connectivity index is 1.34. The van der Waals surface area contributed by atoms with E-state index in [9.17, 15) is 13.9 Å². The molecule has 2 aliphatic rings. The van der Waals surface area contributed by atoms with E-state index in [2.05, 4.69) is 19.1 Å². The number of aromatic nitrogens is 3. The normalized spacial score (nSPS) is 20.0. The molecule has 1 amide bonds. The number of pyridine rings is 1. The summed E-state index contributed by atoms with van der Waals surface area (Å²) >= 11 is 0. The first-order valence-corrected chi connectivity index (χ1v) is 12.3. The summed E-state index contributed by atoms with van der Waals surface area (Å²) in [5.41, 5.74) is 7.45. The SMILES string of the molecule is NC1=NS(O)(O)Nc2cccc(OCC3CCCCN3C(=O)c3ccnc(-n4ccnc4)c3)c21. The van der Waals surface area contributed by atoms with Crippen LogP contribution in [0.3, 0.4) is 0 Å². The minimum atomic E-state index is -3.37. The van der Waals surface area contributed by atoms with Gasteiger partial charge in [0.05, 0.1) is 17.3 Å². The summed E-state index contributed by atoms with van der Waals surface area (Å²) in [7, 11) is -3.37. The molecular formula is C22H25N7O4S. The Kier molecular flexibility index (Phi) is 5.86. The number of amidine groups is 1. The van der Waals surface area contributed by atoms with Gasteiger partial charge in [-0.25, -0.2) is 9.97 Å². The number of likely N-dealkylation sites (tertiary alicyclic amines) is 1. The van der Waals surface area contributed by atoms with Crippen LogP contribution in [-0.2, 0) is 0 Å². The smallest absolute Gasteiger partial charge is 0.254 e. The van der Waals surface area contributed by atoms with Crippen molar-refractivity contribution in [2.24, 2.45) is 10.1 Å². The van der Waals surface area contributed by atoms with Crippen LogP contribution in [0, 0.1) is 0 Å². The van der Waals surface area contributed by atoms with E-state index in [1.807, 2.05) is 4.90 Å². The Hall–Kier alpha value is -3.61. The maximum Gasteiger partial charge on any atom is 0.254 e. The van der Waals surface area contributed by atoms with Gasteiger partial charge >= 0.3 is 0 Å². The van der Waals surface area contributed by atoms with Crippen LogP contribution in [0.25, 0.3) is 5.82 Å². The van der Waals surface area contributed by atoms with Gasteiger partial charge in [0.2, 0.25) is 0 Å². The molecule has 0 saturated carbocycles. The van der Waals surface area contributed by atoms with Gasteiger partial charge < -0.3 is 15.4 Å². The predicted octanol–water partition coefficient (Wildman–Crippen LogP) is 3.05. The van der Waals surface area contributed by atoms with E-state index in [1.165, 1.54) is 0 Å². The molecule has 5 N–H and O–H groups in total. The molecule has 2 aliphatic heterocycles. The molecular weight excluding hydrogens is 458 g/mol. The van der Waals surface area contributed by atoms with Gasteiger partial charge in [0.25, 0.3) is 5.91 Å². The third-order valence-electron chi connectivity index (χ3n) is 5.84. The van der Waals surface area contributed by atoms with Gasteiger partial charge in [0.15, 0.2) is 5.84 Å². The van der Waals surface area contributed by atoms with Gasteiger partial charge in [-0.15, -0.1) is 4.40 Å². The number of nitrogens with zero attached hydrogens (tertiary/aromatic N) is 5. The lowest BCUT2D eigenvalue weighted by Gasteiger charge is -2.36. The average molecular weight is 484 g/mol. The number of carbonyl (C=O) groups is 1. The van der Waals surface area contributed by atoms with Crippen molar-refractivity contribution in [3.8, 4) is 11.6 Å². The van der Waals surface area contributed by atoms with E-state index in [0.29, 0.717) is 34.9 Å². The monoisotopic (exact) mass is 483 g/mol. The maximum absolute atomic E-state index is 13.4. The molecule has 3 aromatic rings. The molecule has 1 atom stereocenters. The van der Waals surface area contributed by atoms with Crippen LogP contribution in [0.2, 0.25) is 0 Å². The first-order valence-electron chi connectivity index (χ1n) is 10.8. The summed E-state index contributed by atoms with van der Waals surface area (Å²) in [6.07, 6.45) is 9.41. The standard InChI is InChI=1S/C22H25N7O4S/c23-21-20-17(26-34(31,32)27-21)5-3-6-18(20)33-13-16-4-1-2-10-29(16)22(30)15-7-8-25-19(12-15)28-11-9-24-14-28/h3,5-9,11-12,14,16,26,31-32H,1-2,4,10,13H2,(H2,23,27). The predicted molar refractivity (Wildman–Crippen MR) is 129 cm³/mol. The summed E-state index contributed by atoms with van der Waals surface area (Å²) in [5, 5.41) is 0. The first kappa shape index (κ1) is 22.2. The van der Waals surface area contributed by atoms with Crippen LogP contribution in [0.5, 0.6) is 5.75 Å². The molecule has 2 aromatic heterocycles. The number of benzene rings is 1. The van der Waals surface area contributed by atoms with Gasteiger partial charge in [-0.2, -0.15) is 0 Å². The number of imidazole rings is 1. The Morgan fingerprint density at radius 1 is 1.26 bits per heavy atom. The molecule has 0 aliphatic carbocycles. The van der Waals surface area contributed by atoms with Gasteiger partial charge in [-0.3, -0.25) is 23.2 Å². The number of nitrogens with two attached hydrogens (primary N) is 1. The van der Waals surface area contributed by atoms with Crippen LogP contribution in [0.1, 0.15) is 35.2 Å². The maximum atomic E-state index is 13.4. The van der Waals surface area contributed by atoms with Crippen molar-refractivity contribution in [3.05, 3.63) is 66.4 Å². The largest absolute Gasteiger partial charge is 0.491 e. The van der Waals surface area contributed by atoms with Crippen LogP contribution in [-0.4, -0.2) is 59.5 Å². The summed E-state index contributed by atoms with van der Waals surface area (Å²) in [5.74, 6) is 0.997. The molecule has 1 unspecified atom stereocenters. The van der Waals surface area contributed by atoms with E-state index in [0.717, 1.165) is 19.3 Å². The van der Waals surface area contributed by atoms with E-state index in [-0.39, 0.29) is 24.4 Å². The van der Waals surface area contributed by atoms with E-state index < -0.39 is 11.0 Å². The minimum absolute atomic E-state index is 0.00950. The molecule has 12 heteroatoms. The molecule has 4 heterocycles. The third kappa shape index (κ3) is 4.42. The second-order valence-electron chi connectivity index (χ2n) is 8.11. The molecule has 5 rings (SSSR count). The molecule has 34 heavy (non-hydrogen) atoms. The molecule has 0 bridgehead atoms. The lowest BCUT2D eigenvalue weighted by molar-refractivity contribution is 0.0528. The quantitative estimate of drug-likeness (QED) is 0.432. The van der Waals surface area contributed by atoms with E-state index in [4.69, 9.17) is 10.5 Å². The number of nitrogens with one attached hydrogen (secondary N) is 1. The zero-order valence-corrected chi connectivity index (χ0v) is 19.1. The highest BCUT2D eigenvalue weighted by atomic mass is 32.3. The van der Waals surface area contributed by atoms with Gasteiger partial charge in [0.1, 0.15) is 24.5 Å². The topological polar surface area (TPSA) is 151 Å². The number of hydrogen-bond acceptors (Lipinski definition) is 9. The number of piperidine rings is 1. The van der Waals surface area contributed by atoms with Crippen molar-refractivity contribution < 1.29 is 18.6 Å². The fourth-order valence-corrected chi connectivity index (χ4v) is 5.11. The Morgan fingerprint density at radius 3 is 2.97 bits per heavy atom. The number of anilines is 1. The Bertz CT molecular complexity index is 1230. The molecule has 0 spiro atoms. The zero-order chi connectivity index (χ0) is 23.7. The lowest BCUT2D eigenvalue weighted by Crippen LogP contribution is -2.46. The highest BCUT2D eigenvalue weighted by Gasteiger charge is 2.30. The van der Waals surface area contributed by atoms with Crippen molar-refractivity contribution in [3.63, 3.8) is 0 Å². The summed E-state index contributed by atoms with van der Waals surface area (Å²) < 4.78 is 33.9. The van der Waals surface area contributed by atoms with Crippen LogP contribution >= 0.6 is 11.0 Å². The summed E-state index contributed by atoms with van der Waals surface area (Å²) in [4.78, 5) is 23.6. The van der Waals surface area contributed by atoms with Crippen molar-refractivity contribution in [1.82, 2.24) is 19.4 Å². The lowest BCUT2D eigenvalue weighted by atomic mass is 10.0. The van der Waals surface area contributed by atoms with Crippen molar-refractivity contribution in [2.75, 3.05) is 17.9 Å². The Labute approximate surface area is 197 Å². The van der Waals surface area contributed by atoms with Gasteiger partial charge in [-0.05, 0) is 54.5 Å². The van der Waals surface area contributed by atoms with Gasteiger partial charge in [-0.1, -0.05) is 6.07 Å². The molecule has 0 radical (unpaired) electrons. The fourth-order valence-electron chi connectivity index (χ4n) is 4.23. The molecule has 1 fully saturated rings. The minimum Gasteiger partial charge on any atom is -0.491 e. The van der Waals surface area contributed by atoms with E-state index in [1.54, 1.807) is 59.8 Å². The number of amides is 1. The number of hydrogen-bond donors (Lipinski definition) is 4. The Morgan fingerprint density at radius 2 is 2.15 bits per heavy atom. The number of carbonyl (C=O) groups excluding carboxylic acids is 1. The summed E-state index contributed by atoms with van der Waals surface area (Å²) in [6.45, 7) is 0.903. The molecule has 11 nitrogen and oxygen atoms in total. The number of fused-ring (bicyclic) bond motifs is 1.